The molecule has 1 unspecified atom stereocenters. The van der Waals surface area contributed by atoms with Crippen molar-refractivity contribution in [3.05, 3.63) is 0 Å². The first kappa shape index (κ1) is 13.4. The lowest BCUT2D eigenvalue weighted by molar-refractivity contribution is -0.152. The van der Waals surface area contributed by atoms with Gasteiger partial charge in [0.15, 0.2) is 0 Å². The van der Waals surface area contributed by atoms with Gasteiger partial charge in [-0.3, -0.25) is 4.79 Å². The Morgan fingerprint density at radius 2 is 2.07 bits per heavy atom. The van der Waals surface area contributed by atoms with E-state index in [1.165, 1.54) is 7.11 Å². The van der Waals surface area contributed by atoms with Crippen LogP contribution in [0.1, 0.15) is 27.2 Å². The van der Waals surface area contributed by atoms with E-state index in [0.717, 1.165) is 6.42 Å². The molecule has 84 valence electrons. The van der Waals surface area contributed by atoms with Gasteiger partial charge in [0.05, 0.1) is 25.9 Å². The number of aliphatic hydroxyl groups is 1. The Morgan fingerprint density at radius 3 is 2.43 bits per heavy atom. The second kappa shape index (κ2) is 5.98. The third-order valence-electron chi connectivity index (χ3n) is 2.28. The zero-order valence-electron chi connectivity index (χ0n) is 9.37. The molecule has 0 saturated heterocycles. The van der Waals surface area contributed by atoms with E-state index >= 15 is 0 Å². The van der Waals surface area contributed by atoms with Crippen LogP contribution in [0.4, 0.5) is 0 Å². The summed E-state index contributed by atoms with van der Waals surface area (Å²) in [5.74, 6) is -1.01. The summed E-state index contributed by atoms with van der Waals surface area (Å²) < 4.78 is 10.0. The van der Waals surface area contributed by atoms with E-state index in [4.69, 9.17) is 9.84 Å². The second-order valence-corrected chi connectivity index (χ2v) is 3.83. The van der Waals surface area contributed by atoms with Crippen LogP contribution in [-0.4, -0.2) is 37.0 Å². The average Bonchev–Trinajstić information content (AvgIpc) is 2.18. The zero-order valence-corrected chi connectivity index (χ0v) is 9.37. The van der Waals surface area contributed by atoms with Gasteiger partial charge in [0.25, 0.3) is 0 Å². The zero-order chi connectivity index (χ0) is 11.2. The number of carbonyl (C=O) groups excluding carboxylic acids is 1. The van der Waals surface area contributed by atoms with E-state index in [0.29, 0.717) is 0 Å². The van der Waals surface area contributed by atoms with Gasteiger partial charge in [-0.05, 0) is 20.3 Å². The van der Waals surface area contributed by atoms with Crippen molar-refractivity contribution in [2.45, 2.75) is 32.8 Å². The van der Waals surface area contributed by atoms with E-state index in [1.807, 2.05) is 20.8 Å². The molecule has 0 heterocycles. The summed E-state index contributed by atoms with van der Waals surface area (Å²) >= 11 is 0. The van der Waals surface area contributed by atoms with E-state index in [1.54, 1.807) is 0 Å². The minimum Gasteiger partial charge on any atom is -0.469 e. The number of carbonyl (C=O) groups is 1. The summed E-state index contributed by atoms with van der Waals surface area (Å²) in [4.78, 5) is 11.1. The number of rotatable bonds is 6. The Bertz CT molecular complexity index is 177. The SMILES string of the molecule is CCC(C)(C)OCC(CO)C(=O)OC. The molecule has 0 bridgehead atoms. The maximum absolute atomic E-state index is 11.1. The van der Waals surface area contributed by atoms with Crippen molar-refractivity contribution in [2.75, 3.05) is 20.3 Å². The summed E-state index contributed by atoms with van der Waals surface area (Å²) in [6.07, 6.45) is 0.853. The molecule has 0 aliphatic rings. The highest BCUT2D eigenvalue weighted by atomic mass is 16.5. The largest absolute Gasteiger partial charge is 0.469 e. The summed E-state index contributed by atoms with van der Waals surface area (Å²) in [5.41, 5.74) is -0.262. The Labute approximate surface area is 85.2 Å². The van der Waals surface area contributed by atoms with Gasteiger partial charge in [-0.15, -0.1) is 0 Å². The number of aliphatic hydroxyl groups excluding tert-OH is 1. The van der Waals surface area contributed by atoms with Crippen LogP contribution in [0.2, 0.25) is 0 Å². The van der Waals surface area contributed by atoms with Gasteiger partial charge in [0, 0.05) is 0 Å². The molecule has 0 aromatic rings. The first-order valence-electron chi connectivity index (χ1n) is 4.79. The first-order valence-corrected chi connectivity index (χ1v) is 4.79. The molecule has 4 nitrogen and oxygen atoms in total. The topological polar surface area (TPSA) is 55.8 Å². The van der Waals surface area contributed by atoms with E-state index in [2.05, 4.69) is 4.74 Å². The smallest absolute Gasteiger partial charge is 0.313 e. The first-order chi connectivity index (χ1) is 6.46. The van der Waals surface area contributed by atoms with Crippen molar-refractivity contribution >= 4 is 5.97 Å². The van der Waals surface area contributed by atoms with Gasteiger partial charge in [-0.1, -0.05) is 6.92 Å². The van der Waals surface area contributed by atoms with Gasteiger partial charge in [0.1, 0.15) is 5.92 Å². The van der Waals surface area contributed by atoms with E-state index < -0.39 is 11.9 Å². The van der Waals surface area contributed by atoms with Crippen molar-refractivity contribution in [2.24, 2.45) is 5.92 Å². The normalized spacial score (nSPS) is 13.8. The maximum atomic E-state index is 11.1. The molecule has 0 aliphatic heterocycles. The molecule has 0 saturated carbocycles. The molecule has 14 heavy (non-hydrogen) atoms. The van der Waals surface area contributed by atoms with Crippen molar-refractivity contribution in [3.8, 4) is 0 Å². The Balaban J connectivity index is 4.02. The summed E-state index contributed by atoms with van der Waals surface area (Å²) in [6, 6.07) is 0. The third-order valence-corrected chi connectivity index (χ3v) is 2.28. The van der Waals surface area contributed by atoms with Crippen LogP contribution < -0.4 is 0 Å². The van der Waals surface area contributed by atoms with Crippen LogP contribution in [0.3, 0.4) is 0 Å². The number of ether oxygens (including phenoxy) is 2. The van der Waals surface area contributed by atoms with E-state index in [9.17, 15) is 4.79 Å². The maximum Gasteiger partial charge on any atom is 0.313 e. The predicted octanol–water partition coefficient (Wildman–Crippen LogP) is 0.973. The highest BCUT2D eigenvalue weighted by molar-refractivity contribution is 5.72. The fourth-order valence-corrected chi connectivity index (χ4v) is 0.790. The molecule has 0 amide bonds. The molecule has 1 atom stereocenters. The lowest BCUT2D eigenvalue weighted by Crippen LogP contribution is -2.31. The van der Waals surface area contributed by atoms with Crippen molar-refractivity contribution in [1.82, 2.24) is 0 Å². The van der Waals surface area contributed by atoms with Gasteiger partial charge in [-0.25, -0.2) is 0 Å². The fourth-order valence-electron chi connectivity index (χ4n) is 0.790. The highest BCUT2D eigenvalue weighted by Gasteiger charge is 2.23. The van der Waals surface area contributed by atoms with Crippen LogP contribution in [0.25, 0.3) is 0 Å². The minimum atomic E-state index is -0.578. The Morgan fingerprint density at radius 1 is 1.50 bits per heavy atom. The van der Waals surface area contributed by atoms with Crippen LogP contribution >= 0.6 is 0 Å². The highest BCUT2D eigenvalue weighted by Crippen LogP contribution is 2.15. The van der Waals surface area contributed by atoms with Crippen molar-refractivity contribution < 1.29 is 19.4 Å². The molecular weight excluding hydrogens is 184 g/mol. The van der Waals surface area contributed by atoms with Gasteiger partial charge in [0.2, 0.25) is 0 Å². The summed E-state index contributed by atoms with van der Waals surface area (Å²) in [5, 5.41) is 8.92. The number of hydrogen-bond acceptors (Lipinski definition) is 4. The molecule has 1 N–H and O–H groups in total. The molecule has 0 radical (unpaired) electrons. The molecule has 0 aromatic carbocycles. The molecule has 0 aromatic heterocycles. The van der Waals surface area contributed by atoms with Crippen LogP contribution in [0, 0.1) is 5.92 Å². The molecule has 0 fully saturated rings. The third kappa shape index (κ3) is 4.58. The summed E-state index contributed by atoms with van der Waals surface area (Å²) in [7, 11) is 1.30. The van der Waals surface area contributed by atoms with Gasteiger partial charge >= 0.3 is 5.97 Å². The molecule has 0 aliphatic carbocycles. The molecule has 0 rings (SSSR count). The van der Waals surface area contributed by atoms with Crippen LogP contribution in [-0.2, 0) is 14.3 Å². The van der Waals surface area contributed by atoms with Crippen molar-refractivity contribution in [3.63, 3.8) is 0 Å². The van der Waals surface area contributed by atoms with Crippen LogP contribution in [0.5, 0.6) is 0 Å². The number of esters is 1. The quantitative estimate of drug-likeness (QED) is 0.655. The Hall–Kier alpha value is -0.610. The number of hydrogen-bond donors (Lipinski definition) is 1. The predicted molar refractivity (Wildman–Crippen MR) is 52.9 cm³/mol. The Kier molecular flexibility index (Phi) is 5.72. The van der Waals surface area contributed by atoms with E-state index in [-0.39, 0.29) is 18.8 Å². The fraction of sp³-hybridized carbons (Fsp3) is 0.900. The van der Waals surface area contributed by atoms with Crippen molar-refractivity contribution in [1.29, 1.82) is 0 Å². The lowest BCUT2D eigenvalue weighted by Gasteiger charge is -2.25. The van der Waals surface area contributed by atoms with Gasteiger partial charge in [-0.2, -0.15) is 0 Å². The molecule has 4 heteroatoms. The lowest BCUT2D eigenvalue weighted by atomic mass is 10.1. The summed E-state index contributed by atoms with van der Waals surface area (Å²) in [6.45, 7) is 5.85. The monoisotopic (exact) mass is 204 g/mol. The second-order valence-electron chi connectivity index (χ2n) is 3.83. The average molecular weight is 204 g/mol. The standard InChI is InChI=1S/C10H20O4/c1-5-10(2,3)14-7-8(6-11)9(12)13-4/h8,11H,5-7H2,1-4H3. The minimum absolute atomic E-state index is 0.198. The number of methoxy groups -OCH3 is 1. The molecular formula is C10H20O4. The van der Waals surface area contributed by atoms with Crippen LogP contribution in [0.15, 0.2) is 0 Å². The molecule has 0 spiro atoms. The van der Waals surface area contributed by atoms with Gasteiger partial charge < -0.3 is 14.6 Å².